The van der Waals surface area contributed by atoms with Gasteiger partial charge in [0.05, 0.1) is 11.7 Å². The van der Waals surface area contributed by atoms with Gasteiger partial charge < -0.3 is 11.1 Å². The molecule has 1 aromatic heterocycles. The summed E-state index contributed by atoms with van der Waals surface area (Å²) in [5, 5.41) is 11.9. The largest absolute Gasteiger partial charge is 0.399 e. The van der Waals surface area contributed by atoms with Crippen LogP contribution in [0.25, 0.3) is 10.9 Å². The van der Waals surface area contributed by atoms with Crippen LogP contribution in [-0.2, 0) is 6.54 Å². The van der Waals surface area contributed by atoms with Crippen molar-refractivity contribution in [3.05, 3.63) is 53.7 Å². The summed E-state index contributed by atoms with van der Waals surface area (Å²) in [7, 11) is 0. The van der Waals surface area contributed by atoms with E-state index >= 15 is 0 Å². The number of aromatic nitrogens is 2. The summed E-state index contributed by atoms with van der Waals surface area (Å²) in [5.74, 6) is 0. The van der Waals surface area contributed by atoms with Crippen molar-refractivity contribution < 1.29 is 0 Å². The maximum atomic E-state index is 6.05. The molecule has 1 unspecified atom stereocenters. The Morgan fingerprint density at radius 3 is 3.16 bits per heavy atom. The first-order valence-electron chi connectivity index (χ1n) is 8.95. The molecular weight excluding hydrogens is 310 g/mol. The number of nitrogens with one attached hydrogen (secondary N) is 2. The second-order valence-corrected chi connectivity index (χ2v) is 7.02. The first-order valence-corrected chi connectivity index (χ1v) is 8.95. The highest BCUT2D eigenvalue weighted by molar-refractivity contribution is 5.81. The lowest BCUT2D eigenvalue weighted by atomic mass is 10.0. The van der Waals surface area contributed by atoms with Gasteiger partial charge in [0.15, 0.2) is 0 Å². The molecule has 130 valence electrons. The Morgan fingerprint density at radius 1 is 1.32 bits per heavy atom. The van der Waals surface area contributed by atoms with Crippen LogP contribution in [0.4, 0.5) is 11.4 Å². The van der Waals surface area contributed by atoms with Gasteiger partial charge in [0.2, 0.25) is 0 Å². The number of hydrogen-bond donors (Lipinski definition) is 3. The van der Waals surface area contributed by atoms with E-state index in [-0.39, 0.29) is 0 Å². The van der Waals surface area contributed by atoms with Crippen LogP contribution in [0.15, 0.2) is 42.6 Å². The van der Waals surface area contributed by atoms with Crippen LogP contribution >= 0.6 is 0 Å². The molecule has 0 amide bonds. The van der Waals surface area contributed by atoms with Gasteiger partial charge >= 0.3 is 0 Å². The number of nitrogen functional groups attached to an aromatic ring is 1. The number of piperidine rings is 1. The van der Waals surface area contributed by atoms with Crippen LogP contribution in [0.2, 0.25) is 0 Å². The number of aromatic amines is 1. The van der Waals surface area contributed by atoms with Crippen molar-refractivity contribution in [2.24, 2.45) is 0 Å². The Hall–Kier alpha value is -2.53. The van der Waals surface area contributed by atoms with Crippen LogP contribution in [0.1, 0.15) is 24.0 Å². The van der Waals surface area contributed by atoms with E-state index in [0.717, 1.165) is 36.2 Å². The molecule has 0 saturated carbocycles. The third-order valence-electron chi connectivity index (χ3n) is 5.20. The van der Waals surface area contributed by atoms with E-state index in [4.69, 9.17) is 5.73 Å². The van der Waals surface area contributed by atoms with Crippen LogP contribution in [0, 0.1) is 6.92 Å². The highest BCUT2D eigenvalue weighted by atomic mass is 15.2. The summed E-state index contributed by atoms with van der Waals surface area (Å²) < 4.78 is 0. The van der Waals surface area contributed by atoms with Crippen molar-refractivity contribution in [2.45, 2.75) is 32.4 Å². The van der Waals surface area contributed by atoms with Gasteiger partial charge in [-0.05, 0) is 61.7 Å². The van der Waals surface area contributed by atoms with Gasteiger partial charge in [0, 0.05) is 35.9 Å². The first kappa shape index (κ1) is 16.0. The van der Waals surface area contributed by atoms with E-state index in [1.807, 2.05) is 12.3 Å². The molecule has 1 fully saturated rings. The molecule has 25 heavy (non-hydrogen) atoms. The molecule has 2 heterocycles. The van der Waals surface area contributed by atoms with Gasteiger partial charge in [-0.25, -0.2) is 0 Å². The predicted octanol–water partition coefficient (Wildman–Crippen LogP) is 3.53. The quantitative estimate of drug-likeness (QED) is 0.638. The number of nitrogens with two attached hydrogens (primary N) is 1. The molecule has 1 aliphatic rings. The maximum Gasteiger partial charge on any atom is 0.0651 e. The summed E-state index contributed by atoms with van der Waals surface area (Å²) in [4.78, 5) is 2.53. The average molecular weight is 335 g/mol. The molecule has 4 rings (SSSR count). The molecule has 1 atom stereocenters. The Morgan fingerprint density at radius 2 is 2.24 bits per heavy atom. The van der Waals surface area contributed by atoms with Gasteiger partial charge in [-0.15, -0.1) is 0 Å². The summed E-state index contributed by atoms with van der Waals surface area (Å²) in [6.07, 6.45) is 4.29. The number of H-pyrrole nitrogens is 1. The highest BCUT2D eigenvalue weighted by Gasteiger charge is 2.20. The topological polar surface area (TPSA) is 70.0 Å². The minimum absolute atomic E-state index is 0.472. The monoisotopic (exact) mass is 335 g/mol. The van der Waals surface area contributed by atoms with Crippen LogP contribution in [0.3, 0.4) is 0 Å². The molecular formula is C20H25N5. The molecule has 0 spiro atoms. The summed E-state index contributed by atoms with van der Waals surface area (Å²) in [6, 6.07) is 13.1. The van der Waals surface area contributed by atoms with Gasteiger partial charge in [-0.1, -0.05) is 12.1 Å². The third kappa shape index (κ3) is 3.46. The number of fused-ring (bicyclic) bond motifs is 1. The van der Waals surface area contributed by atoms with Gasteiger partial charge in [-0.2, -0.15) is 5.10 Å². The predicted molar refractivity (Wildman–Crippen MR) is 104 cm³/mol. The molecule has 0 radical (unpaired) electrons. The number of benzene rings is 2. The third-order valence-corrected chi connectivity index (χ3v) is 5.20. The standard InChI is InChI=1S/C20H25N5/c1-14-15(4-2-6-19(14)21)12-25-9-3-5-18(13-25)23-17-7-8-20-16(10-17)11-22-24-20/h2,4,6-8,10-11,18,23H,3,5,9,12-13,21H2,1H3,(H,22,24). The van der Waals surface area contributed by atoms with Crippen molar-refractivity contribution in [1.29, 1.82) is 0 Å². The van der Waals surface area contributed by atoms with Crippen LogP contribution in [-0.4, -0.2) is 34.2 Å². The molecule has 1 aliphatic heterocycles. The minimum atomic E-state index is 0.472. The summed E-state index contributed by atoms with van der Waals surface area (Å²) in [5.41, 5.74) is 11.7. The number of rotatable bonds is 4. The van der Waals surface area contributed by atoms with Crippen molar-refractivity contribution in [3.63, 3.8) is 0 Å². The van der Waals surface area contributed by atoms with Gasteiger partial charge in [0.25, 0.3) is 0 Å². The van der Waals surface area contributed by atoms with Crippen molar-refractivity contribution >= 4 is 22.3 Å². The molecule has 3 aromatic rings. The molecule has 1 saturated heterocycles. The Labute approximate surface area is 148 Å². The number of anilines is 2. The average Bonchev–Trinajstić information content (AvgIpc) is 3.07. The normalized spacial score (nSPS) is 18.5. The smallest absolute Gasteiger partial charge is 0.0651 e. The van der Waals surface area contributed by atoms with Crippen LogP contribution in [0.5, 0.6) is 0 Å². The SMILES string of the molecule is Cc1c(N)cccc1CN1CCCC(Nc2ccc3[nH]ncc3c2)C1. The Bertz CT molecular complexity index is 869. The maximum absolute atomic E-state index is 6.05. The lowest BCUT2D eigenvalue weighted by Gasteiger charge is -2.34. The van der Waals surface area contributed by atoms with Crippen molar-refractivity contribution in [2.75, 3.05) is 24.1 Å². The zero-order valence-electron chi connectivity index (χ0n) is 14.6. The zero-order chi connectivity index (χ0) is 17.2. The Kier molecular flexibility index (Phi) is 4.32. The lowest BCUT2D eigenvalue weighted by Crippen LogP contribution is -2.41. The molecule has 0 bridgehead atoms. The molecule has 5 nitrogen and oxygen atoms in total. The number of likely N-dealkylation sites (tertiary alicyclic amines) is 1. The number of nitrogens with zero attached hydrogens (tertiary/aromatic N) is 2. The minimum Gasteiger partial charge on any atom is -0.399 e. The number of hydrogen-bond acceptors (Lipinski definition) is 4. The molecule has 0 aliphatic carbocycles. The summed E-state index contributed by atoms with van der Waals surface area (Å²) >= 11 is 0. The Balaban J connectivity index is 1.42. The van der Waals surface area contributed by atoms with E-state index < -0.39 is 0 Å². The highest BCUT2D eigenvalue weighted by Crippen LogP contribution is 2.23. The van der Waals surface area contributed by atoms with E-state index in [2.05, 4.69) is 57.7 Å². The zero-order valence-corrected chi connectivity index (χ0v) is 14.6. The molecule has 2 aromatic carbocycles. The molecule has 5 heteroatoms. The first-order chi connectivity index (χ1) is 12.2. The lowest BCUT2D eigenvalue weighted by molar-refractivity contribution is 0.208. The van der Waals surface area contributed by atoms with Gasteiger partial charge in [0.1, 0.15) is 0 Å². The van der Waals surface area contributed by atoms with E-state index in [1.54, 1.807) is 0 Å². The van der Waals surface area contributed by atoms with E-state index in [0.29, 0.717) is 6.04 Å². The molecule has 4 N–H and O–H groups in total. The van der Waals surface area contributed by atoms with Crippen LogP contribution < -0.4 is 11.1 Å². The fourth-order valence-corrected chi connectivity index (χ4v) is 3.70. The second kappa shape index (κ2) is 6.76. The van der Waals surface area contributed by atoms with E-state index in [9.17, 15) is 0 Å². The summed E-state index contributed by atoms with van der Waals surface area (Å²) in [6.45, 7) is 5.28. The van der Waals surface area contributed by atoms with E-state index in [1.165, 1.54) is 29.7 Å². The van der Waals surface area contributed by atoms with Gasteiger partial charge in [-0.3, -0.25) is 10.00 Å². The fraction of sp³-hybridized carbons (Fsp3) is 0.350. The second-order valence-electron chi connectivity index (χ2n) is 7.02. The van der Waals surface area contributed by atoms with Crippen molar-refractivity contribution in [3.8, 4) is 0 Å². The van der Waals surface area contributed by atoms with Crippen molar-refractivity contribution in [1.82, 2.24) is 15.1 Å². The fourth-order valence-electron chi connectivity index (χ4n) is 3.70.